The molecule has 4 rings (SSSR count). The smallest absolute Gasteiger partial charge is 0.245 e. The second kappa shape index (κ2) is 4.46. The molecule has 0 bridgehead atoms. The first-order valence-corrected chi connectivity index (χ1v) is 7.19. The lowest BCUT2D eigenvalue weighted by Crippen LogP contribution is -2.41. The van der Waals surface area contributed by atoms with E-state index >= 15 is 0 Å². The Bertz CT molecular complexity index is 770. The maximum Gasteiger partial charge on any atom is 0.245 e. The van der Waals surface area contributed by atoms with E-state index in [9.17, 15) is 4.79 Å². The summed E-state index contributed by atoms with van der Waals surface area (Å²) in [5, 5.41) is 8.59. The van der Waals surface area contributed by atoms with Gasteiger partial charge in [0.25, 0.3) is 0 Å². The fourth-order valence-electron chi connectivity index (χ4n) is 2.97. The van der Waals surface area contributed by atoms with Crippen LogP contribution < -0.4 is 9.47 Å². The molecule has 7 nitrogen and oxygen atoms in total. The highest BCUT2D eigenvalue weighted by molar-refractivity contribution is 5.82. The zero-order chi connectivity index (χ0) is 15.4. The number of fused-ring (bicyclic) bond motifs is 2. The van der Waals surface area contributed by atoms with Crippen molar-refractivity contribution in [2.24, 2.45) is 0 Å². The van der Waals surface area contributed by atoms with E-state index < -0.39 is 0 Å². The summed E-state index contributed by atoms with van der Waals surface area (Å²) in [6.45, 7) is 4.05. The van der Waals surface area contributed by atoms with Gasteiger partial charge in [0, 0.05) is 12.6 Å². The number of amides is 1. The second-order valence-electron chi connectivity index (χ2n) is 5.62. The van der Waals surface area contributed by atoms with Gasteiger partial charge in [0.05, 0.1) is 6.04 Å². The van der Waals surface area contributed by atoms with Crippen molar-refractivity contribution in [3.05, 3.63) is 24.0 Å². The maximum absolute atomic E-state index is 12.4. The highest BCUT2D eigenvalue weighted by Crippen LogP contribution is 2.38. The fourth-order valence-corrected chi connectivity index (χ4v) is 2.97. The molecule has 1 aromatic carbocycles. The molecule has 1 aromatic heterocycles. The van der Waals surface area contributed by atoms with Crippen molar-refractivity contribution < 1.29 is 14.3 Å². The van der Waals surface area contributed by atoms with Gasteiger partial charge >= 0.3 is 0 Å². The summed E-state index contributed by atoms with van der Waals surface area (Å²) in [4.78, 5) is 14.1. The molecular formula is C15H16N4O3. The predicted molar refractivity (Wildman–Crippen MR) is 77.5 cm³/mol. The highest BCUT2D eigenvalue weighted by atomic mass is 16.7. The molecule has 2 aliphatic rings. The lowest BCUT2D eigenvalue weighted by molar-refractivity contribution is -0.137. The number of rotatable bonds is 1. The van der Waals surface area contributed by atoms with Crippen molar-refractivity contribution in [3.8, 4) is 22.9 Å². The van der Waals surface area contributed by atoms with E-state index in [-0.39, 0.29) is 24.8 Å². The van der Waals surface area contributed by atoms with Crippen LogP contribution in [0.3, 0.4) is 0 Å². The molecule has 0 saturated heterocycles. The molecule has 2 aliphatic heterocycles. The number of hydrogen-bond donors (Lipinski definition) is 0. The summed E-state index contributed by atoms with van der Waals surface area (Å²) in [6, 6.07) is 5.21. The molecular weight excluding hydrogens is 284 g/mol. The zero-order valence-electron chi connectivity index (χ0n) is 12.6. The molecule has 2 atom stereocenters. The van der Waals surface area contributed by atoms with Crippen LogP contribution in [0.15, 0.2) is 18.2 Å². The largest absolute Gasteiger partial charge is 0.454 e. The van der Waals surface area contributed by atoms with Crippen LogP contribution in [0, 0.1) is 0 Å². The van der Waals surface area contributed by atoms with Crippen molar-refractivity contribution >= 4 is 5.91 Å². The molecule has 0 N–H and O–H groups in total. The Morgan fingerprint density at radius 3 is 2.73 bits per heavy atom. The van der Waals surface area contributed by atoms with Gasteiger partial charge in [-0.1, -0.05) is 0 Å². The first-order chi connectivity index (χ1) is 10.6. The van der Waals surface area contributed by atoms with Crippen molar-refractivity contribution in [1.29, 1.82) is 0 Å². The molecule has 0 aliphatic carbocycles. The van der Waals surface area contributed by atoms with Crippen LogP contribution in [0.25, 0.3) is 11.4 Å². The first-order valence-electron chi connectivity index (χ1n) is 7.19. The van der Waals surface area contributed by atoms with Crippen molar-refractivity contribution in [2.45, 2.75) is 25.9 Å². The third-order valence-corrected chi connectivity index (χ3v) is 4.40. The normalized spacial score (nSPS) is 22.9. The first kappa shape index (κ1) is 13.1. The zero-order valence-corrected chi connectivity index (χ0v) is 12.6. The Morgan fingerprint density at radius 2 is 1.91 bits per heavy atom. The summed E-state index contributed by atoms with van der Waals surface area (Å²) < 4.78 is 12.6. The topological polar surface area (TPSA) is 69.5 Å². The number of likely N-dealkylation sites (N-methyl/N-ethyl adjacent to an activating group) is 1. The van der Waals surface area contributed by atoms with Crippen LogP contribution in [-0.2, 0) is 4.79 Å². The SMILES string of the molecule is C[C@H]1c2nnc(-c3ccc4c(c3)OCO4)n2[C@@H](C)C(=O)N1C. The van der Waals surface area contributed by atoms with Gasteiger partial charge in [-0.05, 0) is 32.0 Å². The Labute approximate surface area is 127 Å². The third kappa shape index (κ3) is 1.65. The molecule has 0 unspecified atom stereocenters. The van der Waals surface area contributed by atoms with E-state index in [4.69, 9.17) is 9.47 Å². The summed E-state index contributed by atoms with van der Waals surface area (Å²) in [7, 11) is 1.79. The van der Waals surface area contributed by atoms with Gasteiger partial charge in [-0.15, -0.1) is 10.2 Å². The standard InChI is InChI=1S/C15H16N4O3/c1-8-13-16-17-14(19(13)9(2)15(20)18(8)3)10-4-5-11-12(6-10)22-7-21-11/h4-6,8-9H,7H2,1-3H3/t8-,9-/m0/s1. The Morgan fingerprint density at radius 1 is 1.14 bits per heavy atom. The Kier molecular flexibility index (Phi) is 2.66. The third-order valence-electron chi connectivity index (χ3n) is 4.40. The predicted octanol–water partition coefficient (Wildman–Crippen LogP) is 1.77. The average molecular weight is 300 g/mol. The summed E-state index contributed by atoms with van der Waals surface area (Å²) in [5.74, 6) is 2.94. The van der Waals surface area contributed by atoms with Crippen LogP contribution in [0.1, 0.15) is 31.8 Å². The van der Waals surface area contributed by atoms with E-state index in [0.29, 0.717) is 11.6 Å². The van der Waals surface area contributed by atoms with Crippen LogP contribution in [-0.4, -0.2) is 39.4 Å². The molecule has 0 spiro atoms. The molecule has 3 heterocycles. The number of hydrogen-bond acceptors (Lipinski definition) is 5. The van der Waals surface area contributed by atoms with Crippen LogP contribution in [0.2, 0.25) is 0 Å². The summed E-state index contributed by atoms with van der Waals surface area (Å²) in [5.41, 5.74) is 0.861. The number of carbonyl (C=O) groups excluding carboxylic acids is 1. The molecule has 0 saturated carbocycles. The van der Waals surface area contributed by atoms with Gasteiger partial charge < -0.3 is 14.4 Å². The van der Waals surface area contributed by atoms with Crippen molar-refractivity contribution in [2.75, 3.05) is 13.8 Å². The molecule has 0 fully saturated rings. The van der Waals surface area contributed by atoms with Crippen LogP contribution in [0.5, 0.6) is 11.5 Å². The molecule has 114 valence electrons. The van der Waals surface area contributed by atoms with E-state index in [0.717, 1.165) is 17.1 Å². The van der Waals surface area contributed by atoms with Gasteiger partial charge in [-0.25, -0.2) is 0 Å². The average Bonchev–Trinajstić information content (AvgIpc) is 3.16. The monoisotopic (exact) mass is 300 g/mol. The molecule has 0 radical (unpaired) electrons. The lowest BCUT2D eigenvalue weighted by atomic mass is 10.1. The van der Waals surface area contributed by atoms with E-state index in [1.165, 1.54) is 0 Å². The second-order valence-corrected chi connectivity index (χ2v) is 5.62. The quantitative estimate of drug-likeness (QED) is 0.802. The van der Waals surface area contributed by atoms with Crippen LogP contribution in [0.4, 0.5) is 0 Å². The van der Waals surface area contributed by atoms with E-state index in [2.05, 4.69) is 10.2 Å². The highest BCUT2D eigenvalue weighted by Gasteiger charge is 2.36. The number of benzene rings is 1. The van der Waals surface area contributed by atoms with Gasteiger partial charge in [0.1, 0.15) is 6.04 Å². The van der Waals surface area contributed by atoms with E-state index in [1.54, 1.807) is 11.9 Å². The summed E-state index contributed by atoms with van der Waals surface area (Å²) in [6.07, 6.45) is 0. The molecule has 1 amide bonds. The Balaban J connectivity index is 1.85. The van der Waals surface area contributed by atoms with Crippen LogP contribution >= 0.6 is 0 Å². The van der Waals surface area contributed by atoms with Crippen molar-refractivity contribution in [1.82, 2.24) is 19.7 Å². The van der Waals surface area contributed by atoms with Gasteiger partial charge in [-0.2, -0.15) is 0 Å². The van der Waals surface area contributed by atoms with Crippen molar-refractivity contribution in [3.63, 3.8) is 0 Å². The minimum atomic E-state index is -0.327. The minimum absolute atomic E-state index is 0.0572. The number of ether oxygens (including phenoxy) is 2. The Hall–Kier alpha value is -2.57. The molecule has 2 aromatic rings. The number of nitrogens with zero attached hydrogens (tertiary/aromatic N) is 4. The van der Waals surface area contributed by atoms with Gasteiger partial charge in [0.2, 0.25) is 12.7 Å². The number of carbonyl (C=O) groups is 1. The molecule has 22 heavy (non-hydrogen) atoms. The molecule has 7 heteroatoms. The van der Waals surface area contributed by atoms with E-state index in [1.807, 2.05) is 36.6 Å². The number of aromatic nitrogens is 3. The maximum atomic E-state index is 12.4. The van der Waals surface area contributed by atoms with Gasteiger partial charge in [-0.3, -0.25) is 9.36 Å². The van der Waals surface area contributed by atoms with Gasteiger partial charge in [0.15, 0.2) is 23.1 Å². The summed E-state index contributed by atoms with van der Waals surface area (Å²) >= 11 is 0. The lowest BCUT2D eigenvalue weighted by Gasteiger charge is -2.34. The fraction of sp³-hybridized carbons (Fsp3) is 0.400. The minimum Gasteiger partial charge on any atom is -0.454 e.